The highest BCUT2D eigenvalue weighted by molar-refractivity contribution is 6.30. The van der Waals surface area contributed by atoms with E-state index in [1.807, 2.05) is 12.1 Å². The molecule has 0 saturated heterocycles. The van der Waals surface area contributed by atoms with Gasteiger partial charge in [-0.1, -0.05) is 23.7 Å². The smallest absolute Gasteiger partial charge is 0.407 e. The molecule has 4 heteroatoms. The van der Waals surface area contributed by atoms with Crippen molar-refractivity contribution in [2.45, 2.75) is 6.42 Å². The monoisotopic (exact) mass is 213 g/mol. The van der Waals surface area contributed by atoms with Crippen LogP contribution in [0.1, 0.15) is 5.56 Å². The summed E-state index contributed by atoms with van der Waals surface area (Å²) in [5.41, 5.74) is 1.09. The first-order chi connectivity index (χ1) is 6.59. The van der Waals surface area contributed by atoms with E-state index in [0.717, 1.165) is 5.56 Å². The van der Waals surface area contributed by atoms with Crippen LogP contribution >= 0.6 is 11.6 Å². The van der Waals surface area contributed by atoms with Gasteiger partial charge in [0, 0.05) is 18.6 Å². The number of likely N-dealkylation sites (N-methyl/N-ethyl adjacent to an activating group) is 1. The number of nitrogens with zero attached hydrogens (tertiary/aromatic N) is 1. The molecule has 14 heavy (non-hydrogen) atoms. The molecular weight excluding hydrogens is 202 g/mol. The zero-order valence-corrected chi connectivity index (χ0v) is 8.66. The summed E-state index contributed by atoms with van der Waals surface area (Å²) in [4.78, 5) is 11.7. The van der Waals surface area contributed by atoms with E-state index in [1.54, 1.807) is 19.2 Å². The molecule has 1 N–H and O–H groups in total. The lowest BCUT2D eigenvalue weighted by Crippen LogP contribution is -2.26. The SMILES string of the molecule is CN(CCc1ccc(Cl)cc1)C(=O)O. The van der Waals surface area contributed by atoms with E-state index in [0.29, 0.717) is 18.0 Å². The number of hydrogen-bond donors (Lipinski definition) is 1. The van der Waals surface area contributed by atoms with Gasteiger partial charge in [0.1, 0.15) is 0 Å². The van der Waals surface area contributed by atoms with Crippen molar-refractivity contribution in [2.24, 2.45) is 0 Å². The van der Waals surface area contributed by atoms with Crippen LogP contribution in [0.3, 0.4) is 0 Å². The number of halogens is 1. The van der Waals surface area contributed by atoms with E-state index >= 15 is 0 Å². The number of rotatable bonds is 3. The predicted octanol–water partition coefficient (Wildman–Crippen LogP) is 2.49. The van der Waals surface area contributed by atoms with Crippen molar-refractivity contribution in [2.75, 3.05) is 13.6 Å². The molecule has 0 atom stereocenters. The van der Waals surface area contributed by atoms with Crippen LogP contribution in [-0.2, 0) is 6.42 Å². The molecule has 0 radical (unpaired) electrons. The van der Waals surface area contributed by atoms with Gasteiger partial charge in [0.05, 0.1) is 0 Å². The Morgan fingerprint density at radius 3 is 2.50 bits per heavy atom. The lowest BCUT2D eigenvalue weighted by molar-refractivity contribution is 0.156. The zero-order valence-electron chi connectivity index (χ0n) is 7.90. The van der Waals surface area contributed by atoms with Gasteiger partial charge in [-0.15, -0.1) is 0 Å². The minimum atomic E-state index is -0.904. The molecular formula is C10H12ClNO2. The molecule has 0 aromatic heterocycles. The normalized spacial score (nSPS) is 9.86. The first-order valence-electron chi connectivity index (χ1n) is 4.28. The molecule has 0 bridgehead atoms. The summed E-state index contributed by atoms with van der Waals surface area (Å²) in [7, 11) is 1.55. The quantitative estimate of drug-likeness (QED) is 0.838. The molecule has 3 nitrogen and oxygen atoms in total. The molecule has 1 amide bonds. The fourth-order valence-electron chi connectivity index (χ4n) is 1.04. The predicted molar refractivity (Wildman–Crippen MR) is 55.8 cm³/mol. The fraction of sp³-hybridized carbons (Fsp3) is 0.300. The number of carboxylic acid groups (broad SMARTS) is 1. The van der Waals surface area contributed by atoms with Crippen LogP contribution in [0.2, 0.25) is 5.02 Å². The lowest BCUT2D eigenvalue weighted by Gasteiger charge is -2.12. The van der Waals surface area contributed by atoms with Gasteiger partial charge in [0.2, 0.25) is 0 Å². The van der Waals surface area contributed by atoms with Crippen molar-refractivity contribution in [3.8, 4) is 0 Å². The van der Waals surface area contributed by atoms with Gasteiger partial charge in [0.15, 0.2) is 0 Å². The average Bonchev–Trinajstić information content (AvgIpc) is 2.16. The Morgan fingerprint density at radius 2 is 2.00 bits per heavy atom. The fourth-order valence-corrected chi connectivity index (χ4v) is 1.17. The minimum absolute atomic E-state index is 0.497. The van der Waals surface area contributed by atoms with Gasteiger partial charge in [-0.2, -0.15) is 0 Å². The van der Waals surface area contributed by atoms with Crippen LogP contribution in [0.25, 0.3) is 0 Å². The first-order valence-corrected chi connectivity index (χ1v) is 4.66. The van der Waals surface area contributed by atoms with Crippen LogP contribution in [0, 0.1) is 0 Å². The van der Waals surface area contributed by atoms with Gasteiger partial charge in [-0.05, 0) is 24.1 Å². The third-order valence-electron chi connectivity index (χ3n) is 1.98. The molecule has 0 aliphatic carbocycles. The molecule has 0 saturated carbocycles. The van der Waals surface area contributed by atoms with Crippen molar-refractivity contribution < 1.29 is 9.90 Å². The second-order valence-corrected chi connectivity index (χ2v) is 3.52. The van der Waals surface area contributed by atoms with Crippen LogP contribution < -0.4 is 0 Å². The Morgan fingerprint density at radius 1 is 1.43 bits per heavy atom. The van der Waals surface area contributed by atoms with Crippen molar-refractivity contribution >= 4 is 17.7 Å². The zero-order chi connectivity index (χ0) is 10.6. The van der Waals surface area contributed by atoms with E-state index in [2.05, 4.69) is 0 Å². The van der Waals surface area contributed by atoms with E-state index in [-0.39, 0.29) is 0 Å². The van der Waals surface area contributed by atoms with Gasteiger partial charge < -0.3 is 10.0 Å². The molecule has 0 aliphatic rings. The Balaban J connectivity index is 2.46. The van der Waals surface area contributed by atoms with Crippen molar-refractivity contribution in [3.05, 3.63) is 34.9 Å². The average molecular weight is 214 g/mol. The van der Waals surface area contributed by atoms with Gasteiger partial charge >= 0.3 is 6.09 Å². The van der Waals surface area contributed by atoms with Crippen LogP contribution in [0.4, 0.5) is 4.79 Å². The van der Waals surface area contributed by atoms with Crippen LogP contribution in [0.5, 0.6) is 0 Å². The first kappa shape index (κ1) is 10.9. The second-order valence-electron chi connectivity index (χ2n) is 3.08. The summed E-state index contributed by atoms with van der Waals surface area (Å²) in [6, 6.07) is 7.41. The van der Waals surface area contributed by atoms with Crippen molar-refractivity contribution in [3.63, 3.8) is 0 Å². The summed E-state index contributed by atoms with van der Waals surface area (Å²) in [6.07, 6.45) is -0.195. The third kappa shape index (κ3) is 3.26. The maximum atomic E-state index is 10.5. The molecule has 0 aliphatic heterocycles. The Labute approximate surface area is 87.9 Å². The minimum Gasteiger partial charge on any atom is -0.465 e. The van der Waals surface area contributed by atoms with Crippen molar-refractivity contribution in [1.82, 2.24) is 4.90 Å². The highest BCUT2D eigenvalue weighted by Crippen LogP contribution is 2.10. The summed E-state index contributed by atoms with van der Waals surface area (Å²) in [5, 5.41) is 9.30. The van der Waals surface area contributed by atoms with E-state index < -0.39 is 6.09 Å². The maximum Gasteiger partial charge on any atom is 0.407 e. The topological polar surface area (TPSA) is 40.5 Å². The summed E-state index contributed by atoms with van der Waals surface area (Å²) < 4.78 is 0. The van der Waals surface area contributed by atoms with E-state index in [1.165, 1.54) is 4.90 Å². The molecule has 1 aromatic rings. The number of amides is 1. The molecule has 76 valence electrons. The molecule has 0 fully saturated rings. The Hall–Kier alpha value is -1.22. The van der Waals surface area contributed by atoms with Gasteiger partial charge in [0.25, 0.3) is 0 Å². The summed E-state index contributed by atoms with van der Waals surface area (Å²) in [6.45, 7) is 0.497. The van der Waals surface area contributed by atoms with Crippen LogP contribution in [-0.4, -0.2) is 29.7 Å². The van der Waals surface area contributed by atoms with E-state index in [4.69, 9.17) is 16.7 Å². The highest BCUT2D eigenvalue weighted by atomic mass is 35.5. The third-order valence-corrected chi connectivity index (χ3v) is 2.23. The molecule has 1 rings (SSSR count). The number of hydrogen-bond acceptors (Lipinski definition) is 1. The van der Waals surface area contributed by atoms with E-state index in [9.17, 15) is 4.79 Å². The van der Waals surface area contributed by atoms with Crippen molar-refractivity contribution in [1.29, 1.82) is 0 Å². The Bertz CT molecular complexity index is 310. The van der Waals surface area contributed by atoms with Gasteiger partial charge in [-0.3, -0.25) is 0 Å². The molecule has 0 spiro atoms. The molecule has 0 heterocycles. The summed E-state index contributed by atoms with van der Waals surface area (Å²) in [5.74, 6) is 0. The summed E-state index contributed by atoms with van der Waals surface area (Å²) >= 11 is 5.72. The highest BCUT2D eigenvalue weighted by Gasteiger charge is 2.04. The standard InChI is InChI=1S/C10H12ClNO2/c1-12(10(13)14)7-6-8-2-4-9(11)5-3-8/h2-5H,6-7H2,1H3,(H,13,14). The number of carbonyl (C=O) groups is 1. The Kier molecular flexibility index (Phi) is 3.77. The lowest BCUT2D eigenvalue weighted by atomic mass is 10.1. The molecule has 0 unspecified atom stereocenters. The maximum absolute atomic E-state index is 10.5. The second kappa shape index (κ2) is 4.86. The number of benzene rings is 1. The van der Waals surface area contributed by atoms with Crippen LogP contribution in [0.15, 0.2) is 24.3 Å². The molecule has 1 aromatic carbocycles. The largest absolute Gasteiger partial charge is 0.465 e. The van der Waals surface area contributed by atoms with Gasteiger partial charge in [-0.25, -0.2) is 4.79 Å².